The van der Waals surface area contributed by atoms with Crippen molar-refractivity contribution in [2.45, 2.75) is 25.7 Å². The molecule has 1 saturated carbocycles. The Morgan fingerprint density at radius 2 is 2.00 bits per heavy atom. The minimum atomic E-state index is 0.639. The van der Waals surface area contributed by atoms with Gasteiger partial charge >= 0.3 is 0 Å². The van der Waals surface area contributed by atoms with Gasteiger partial charge in [0.2, 0.25) is 0 Å². The van der Waals surface area contributed by atoms with E-state index in [4.69, 9.17) is 4.74 Å². The van der Waals surface area contributed by atoms with Gasteiger partial charge in [0.05, 0.1) is 6.61 Å². The van der Waals surface area contributed by atoms with E-state index in [1.165, 1.54) is 32.2 Å². The number of hydrogen-bond donors (Lipinski definition) is 1. The molecule has 2 heteroatoms. The lowest BCUT2D eigenvalue weighted by Gasteiger charge is -2.43. The van der Waals surface area contributed by atoms with Gasteiger partial charge in [-0.1, -0.05) is 6.42 Å². The van der Waals surface area contributed by atoms with Crippen molar-refractivity contribution in [3.8, 4) is 0 Å². The van der Waals surface area contributed by atoms with Crippen molar-refractivity contribution in [1.29, 1.82) is 0 Å². The van der Waals surface area contributed by atoms with Crippen LogP contribution >= 0.6 is 0 Å². The first-order chi connectivity index (χ1) is 5.41. The molecule has 1 spiro atoms. The third-order valence-electron chi connectivity index (χ3n) is 3.11. The van der Waals surface area contributed by atoms with Crippen LogP contribution in [0.5, 0.6) is 0 Å². The van der Waals surface area contributed by atoms with E-state index >= 15 is 0 Å². The molecule has 2 nitrogen and oxygen atoms in total. The van der Waals surface area contributed by atoms with E-state index in [2.05, 4.69) is 5.32 Å². The normalized spacial score (nSPS) is 30.5. The number of ether oxygens (including phenoxy) is 1. The van der Waals surface area contributed by atoms with Crippen LogP contribution in [0.25, 0.3) is 0 Å². The molecule has 0 aromatic carbocycles. The van der Waals surface area contributed by atoms with Gasteiger partial charge in [-0.2, -0.15) is 0 Å². The zero-order valence-corrected chi connectivity index (χ0v) is 7.07. The molecule has 1 N–H and O–H groups in total. The maximum Gasteiger partial charge on any atom is 0.0590 e. The van der Waals surface area contributed by atoms with Crippen LogP contribution in [0.1, 0.15) is 25.7 Å². The summed E-state index contributed by atoms with van der Waals surface area (Å²) in [6, 6.07) is 0. The number of hydrogen-bond acceptors (Lipinski definition) is 2. The average Bonchev–Trinajstić information content (AvgIpc) is 1.82. The molecule has 0 amide bonds. The molecule has 0 atom stereocenters. The van der Waals surface area contributed by atoms with Crippen molar-refractivity contribution in [2.75, 3.05) is 26.3 Å². The van der Waals surface area contributed by atoms with E-state index in [0.29, 0.717) is 5.41 Å². The Morgan fingerprint density at radius 3 is 2.73 bits per heavy atom. The topological polar surface area (TPSA) is 21.3 Å². The highest BCUT2D eigenvalue weighted by molar-refractivity contribution is 4.89. The fourth-order valence-corrected chi connectivity index (χ4v) is 2.08. The van der Waals surface area contributed by atoms with E-state index in [-0.39, 0.29) is 0 Å². The van der Waals surface area contributed by atoms with Crippen LogP contribution in [0.15, 0.2) is 0 Å². The van der Waals surface area contributed by atoms with Gasteiger partial charge in [-0.05, 0) is 24.7 Å². The summed E-state index contributed by atoms with van der Waals surface area (Å²) >= 11 is 0. The molecule has 64 valence electrons. The van der Waals surface area contributed by atoms with Crippen molar-refractivity contribution in [2.24, 2.45) is 5.41 Å². The molecule has 1 saturated heterocycles. The van der Waals surface area contributed by atoms with Crippen LogP contribution < -0.4 is 5.32 Å². The summed E-state index contributed by atoms with van der Waals surface area (Å²) in [4.78, 5) is 0. The molecule has 0 aromatic heterocycles. The molecule has 0 bridgehead atoms. The minimum Gasteiger partial charge on any atom is -0.380 e. The Bertz CT molecular complexity index is 122. The smallest absolute Gasteiger partial charge is 0.0590 e. The Kier molecular flexibility index (Phi) is 2.14. The standard InChI is InChI=1S/C9H17NO/c1-2-9(3-1)4-6-11-7-5-10-8-9/h10H,1-8H2. The lowest BCUT2D eigenvalue weighted by atomic mass is 9.66. The summed E-state index contributed by atoms with van der Waals surface area (Å²) < 4.78 is 5.44. The second-order valence-corrected chi connectivity index (χ2v) is 3.89. The second-order valence-electron chi connectivity index (χ2n) is 3.89. The molecular formula is C9H17NO. The minimum absolute atomic E-state index is 0.639. The lowest BCUT2D eigenvalue weighted by molar-refractivity contribution is 0.0313. The maximum atomic E-state index is 5.44. The lowest BCUT2D eigenvalue weighted by Crippen LogP contribution is -2.43. The quantitative estimate of drug-likeness (QED) is 0.567. The van der Waals surface area contributed by atoms with Gasteiger partial charge in [0.1, 0.15) is 0 Å². The van der Waals surface area contributed by atoms with Crippen molar-refractivity contribution in [1.82, 2.24) is 5.32 Å². The van der Waals surface area contributed by atoms with Gasteiger partial charge in [0.15, 0.2) is 0 Å². The fourth-order valence-electron chi connectivity index (χ4n) is 2.08. The largest absolute Gasteiger partial charge is 0.380 e. The molecule has 2 rings (SSSR count). The van der Waals surface area contributed by atoms with Gasteiger partial charge < -0.3 is 10.1 Å². The summed E-state index contributed by atoms with van der Waals surface area (Å²) in [5.41, 5.74) is 0.639. The molecular weight excluding hydrogens is 138 g/mol. The first-order valence-electron chi connectivity index (χ1n) is 4.70. The molecule has 1 aliphatic carbocycles. The molecule has 2 fully saturated rings. The Hall–Kier alpha value is -0.0800. The van der Waals surface area contributed by atoms with E-state index in [1.807, 2.05) is 0 Å². The van der Waals surface area contributed by atoms with Crippen molar-refractivity contribution in [3.05, 3.63) is 0 Å². The number of nitrogens with one attached hydrogen (secondary N) is 1. The summed E-state index contributed by atoms with van der Waals surface area (Å²) in [6.07, 6.45) is 5.55. The van der Waals surface area contributed by atoms with Gasteiger partial charge in [-0.15, -0.1) is 0 Å². The van der Waals surface area contributed by atoms with Crippen LogP contribution in [0.2, 0.25) is 0 Å². The molecule has 1 aliphatic heterocycles. The molecule has 0 unspecified atom stereocenters. The predicted octanol–water partition coefficient (Wildman–Crippen LogP) is 1.17. The van der Waals surface area contributed by atoms with Crippen molar-refractivity contribution < 1.29 is 4.74 Å². The molecule has 11 heavy (non-hydrogen) atoms. The highest BCUT2D eigenvalue weighted by Gasteiger charge is 2.36. The Morgan fingerprint density at radius 1 is 1.09 bits per heavy atom. The van der Waals surface area contributed by atoms with E-state index in [0.717, 1.165) is 19.8 Å². The zero-order valence-electron chi connectivity index (χ0n) is 7.07. The Balaban J connectivity index is 1.86. The molecule has 2 aliphatic rings. The highest BCUT2D eigenvalue weighted by atomic mass is 16.5. The first-order valence-corrected chi connectivity index (χ1v) is 4.70. The van der Waals surface area contributed by atoms with Gasteiger partial charge in [0, 0.05) is 19.7 Å². The molecule has 1 heterocycles. The maximum absolute atomic E-state index is 5.44. The van der Waals surface area contributed by atoms with E-state index < -0.39 is 0 Å². The fraction of sp³-hybridized carbons (Fsp3) is 1.00. The summed E-state index contributed by atoms with van der Waals surface area (Å²) in [5.74, 6) is 0. The third-order valence-corrected chi connectivity index (χ3v) is 3.11. The molecule has 0 radical (unpaired) electrons. The average molecular weight is 155 g/mol. The number of rotatable bonds is 0. The van der Waals surface area contributed by atoms with Crippen LogP contribution in [0.4, 0.5) is 0 Å². The summed E-state index contributed by atoms with van der Waals surface area (Å²) in [6.45, 7) is 4.16. The third kappa shape index (κ3) is 1.57. The highest BCUT2D eigenvalue weighted by Crippen LogP contribution is 2.43. The first kappa shape index (κ1) is 7.56. The SMILES string of the molecule is C1CC2(C1)CCOCCNC2. The molecule has 0 aromatic rings. The van der Waals surface area contributed by atoms with Crippen LogP contribution in [-0.4, -0.2) is 26.3 Å². The van der Waals surface area contributed by atoms with Crippen molar-refractivity contribution >= 4 is 0 Å². The van der Waals surface area contributed by atoms with E-state index in [9.17, 15) is 0 Å². The summed E-state index contributed by atoms with van der Waals surface area (Å²) in [5, 5.41) is 3.46. The second kappa shape index (κ2) is 3.11. The van der Waals surface area contributed by atoms with Gasteiger partial charge in [-0.3, -0.25) is 0 Å². The van der Waals surface area contributed by atoms with Crippen LogP contribution in [0.3, 0.4) is 0 Å². The van der Waals surface area contributed by atoms with Crippen LogP contribution in [0, 0.1) is 5.41 Å². The van der Waals surface area contributed by atoms with Crippen LogP contribution in [-0.2, 0) is 4.74 Å². The monoisotopic (exact) mass is 155 g/mol. The van der Waals surface area contributed by atoms with Gasteiger partial charge in [-0.25, -0.2) is 0 Å². The van der Waals surface area contributed by atoms with E-state index in [1.54, 1.807) is 0 Å². The Labute approximate surface area is 68.3 Å². The van der Waals surface area contributed by atoms with Gasteiger partial charge in [0.25, 0.3) is 0 Å². The zero-order chi connectivity index (χ0) is 7.57. The summed E-state index contributed by atoms with van der Waals surface area (Å²) in [7, 11) is 0. The predicted molar refractivity (Wildman–Crippen MR) is 44.6 cm³/mol. The van der Waals surface area contributed by atoms with Crippen molar-refractivity contribution in [3.63, 3.8) is 0 Å².